The number of hydrogen-bond donors (Lipinski definition) is 4. The fourth-order valence-electron chi connectivity index (χ4n) is 3.46. The third kappa shape index (κ3) is 6.11. The maximum absolute atomic E-state index is 13.3. The molecule has 0 saturated carbocycles. The highest BCUT2D eigenvalue weighted by Gasteiger charge is 2.34. The van der Waals surface area contributed by atoms with Crippen LogP contribution in [0.1, 0.15) is 36.8 Å². The second kappa shape index (κ2) is 10.5. The summed E-state index contributed by atoms with van der Waals surface area (Å²) in [4.78, 5) is 26.1. The molecule has 0 aliphatic heterocycles. The predicted octanol–water partition coefficient (Wildman–Crippen LogP) is 2.49. The van der Waals surface area contributed by atoms with E-state index in [1.807, 2.05) is 0 Å². The van der Waals surface area contributed by atoms with Crippen molar-refractivity contribution in [1.82, 2.24) is 20.4 Å². The molecule has 0 fully saturated rings. The summed E-state index contributed by atoms with van der Waals surface area (Å²) < 4.78 is 14.9. The van der Waals surface area contributed by atoms with Gasteiger partial charge in [-0.3, -0.25) is 14.3 Å². The lowest BCUT2D eigenvalue weighted by molar-refractivity contribution is -0.125. The van der Waals surface area contributed by atoms with Crippen LogP contribution in [0, 0.1) is 11.2 Å². The van der Waals surface area contributed by atoms with Crippen LogP contribution in [0.25, 0.3) is 10.9 Å². The molecule has 1 heterocycles. The topological polar surface area (TPSA) is 116 Å². The number of aromatic nitrogens is 2. The van der Waals surface area contributed by atoms with E-state index < -0.39 is 36.0 Å². The number of aliphatic hydroxyl groups is 2. The average Bonchev–Trinajstić information content (AvgIpc) is 3.13. The van der Waals surface area contributed by atoms with Gasteiger partial charge in [-0.05, 0) is 41.3 Å². The Labute approximate surface area is 201 Å². The summed E-state index contributed by atoms with van der Waals surface area (Å²) in [5.74, 6) is -1.41. The van der Waals surface area contributed by atoms with Crippen molar-refractivity contribution in [1.29, 1.82) is 0 Å². The molecule has 2 amide bonds. The lowest BCUT2D eigenvalue weighted by Crippen LogP contribution is -2.54. The van der Waals surface area contributed by atoms with Crippen molar-refractivity contribution in [3.8, 4) is 0 Å². The van der Waals surface area contributed by atoms with Gasteiger partial charge in [-0.15, -0.1) is 0 Å². The third-order valence-corrected chi connectivity index (χ3v) is 5.53. The second-order valence-corrected chi connectivity index (χ2v) is 9.58. The van der Waals surface area contributed by atoms with E-state index in [2.05, 4.69) is 15.7 Å². The normalized spacial score (nSPS) is 13.5. The zero-order valence-corrected chi connectivity index (χ0v) is 19.9. The Balaban J connectivity index is 1.91. The predicted molar refractivity (Wildman–Crippen MR) is 127 cm³/mol. The number of nitrogens with zero attached hydrogens (tertiary/aromatic N) is 2. The second-order valence-electron chi connectivity index (χ2n) is 9.15. The van der Waals surface area contributed by atoms with Gasteiger partial charge in [0.2, 0.25) is 5.91 Å². The fourth-order valence-corrected chi connectivity index (χ4v) is 3.63. The van der Waals surface area contributed by atoms with Crippen molar-refractivity contribution in [2.24, 2.45) is 5.41 Å². The van der Waals surface area contributed by atoms with Gasteiger partial charge < -0.3 is 20.8 Å². The van der Waals surface area contributed by atoms with E-state index in [0.29, 0.717) is 22.5 Å². The number of carbonyl (C=O) groups excluding carboxylic acids is 2. The van der Waals surface area contributed by atoms with Crippen LogP contribution in [-0.2, 0) is 11.3 Å². The average molecular weight is 491 g/mol. The number of halogens is 2. The first-order chi connectivity index (χ1) is 16.0. The van der Waals surface area contributed by atoms with Crippen LogP contribution in [0.4, 0.5) is 4.39 Å². The highest BCUT2D eigenvalue weighted by molar-refractivity contribution is 6.31. The van der Waals surface area contributed by atoms with Crippen molar-refractivity contribution in [2.45, 2.75) is 39.5 Å². The SMILES string of the molecule is CC(C)(C)C(NC(=O)c1nn(Cc2ccc(F)cc2)c2ccc(Cl)cc12)C(=O)NCC(O)CO. The molecule has 0 saturated heterocycles. The van der Waals surface area contributed by atoms with E-state index in [0.717, 1.165) is 5.56 Å². The summed E-state index contributed by atoms with van der Waals surface area (Å²) in [7, 11) is 0. The Morgan fingerprint density at radius 3 is 2.47 bits per heavy atom. The molecular formula is C24H28ClFN4O4. The summed E-state index contributed by atoms with van der Waals surface area (Å²) in [6.45, 7) is 5.04. The number of carbonyl (C=O) groups is 2. The smallest absolute Gasteiger partial charge is 0.273 e. The summed E-state index contributed by atoms with van der Waals surface area (Å²) in [5, 5.41) is 29.2. The first-order valence-electron chi connectivity index (χ1n) is 10.8. The molecule has 34 heavy (non-hydrogen) atoms. The van der Waals surface area contributed by atoms with E-state index in [1.165, 1.54) is 12.1 Å². The molecule has 2 unspecified atom stereocenters. The lowest BCUT2D eigenvalue weighted by atomic mass is 9.86. The number of nitrogens with one attached hydrogen (secondary N) is 2. The van der Waals surface area contributed by atoms with Crippen molar-refractivity contribution >= 4 is 34.3 Å². The highest BCUT2D eigenvalue weighted by atomic mass is 35.5. The van der Waals surface area contributed by atoms with Crippen LogP contribution >= 0.6 is 11.6 Å². The van der Waals surface area contributed by atoms with Gasteiger partial charge in [0.15, 0.2) is 5.69 Å². The van der Waals surface area contributed by atoms with Crippen LogP contribution in [0.3, 0.4) is 0 Å². The van der Waals surface area contributed by atoms with Gasteiger partial charge in [0.25, 0.3) is 5.91 Å². The van der Waals surface area contributed by atoms with Crippen LogP contribution in [0.15, 0.2) is 42.5 Å². The maximum atomic E-state index is 13.3. The lowest BCUT2D eigenvalue weighted by Gasteiger charge is -2.30. The number of hydrogen-bond acceptors (Lipinski definition) is 5. The third-order valence-electron chi connectivity index (χ3n) is 5.30. The van der Waals surface area contributed by atoms with Crippen molar-refractivity contribution in [2.75, 3.05) is 13.2 Å². The molecule has 182 valence electrons. The molecule has 0 bridgehead atoms. The van der Waals surface area contributed by atoms with E-state index in [1.54, 1.807) is 55.8 Å². The minimum atomic E-state index is -1.10. The summed E-state index contributed by atoms with van der Waals surface area (Å²) in [6, 6.07) is 10.1. The molecule has 2 atom stereocenters. The molecule has 3 aromatic rings. The van der Waals surface area contributed by atoms with E-state index in [-0.39, 0.29) is 18.1 Å². The Morgan fingerprint density at radius 2 is 1.85 bits per heavy atom. The first kappa shape index (κ1) is 25.6. The highest BCUT2D eigenvalue weighted by Crippen LogP contribution is 2.25. The zero-order chi connectivity index (χ0) is 25.0. The molecule has 0 radical (unpaired) electrons. The largest absolute Gasteiger partial charge is 0.394 e. The summed E-state index contributed by atoms with van der Waals surface area (Å²) >= 11 is 6.18. The van der Waals surface area contributed by atoms with Crippen LogP contribution in [-0.4, -0.2) is 57.1 Å². The number of fused-ring (bicyclic) bond motifs is 1. The number of rotatable bonds is 8. The Morgan fingerprint density at radius 1 is 1.18 bits per heavy atom. The van der Waals surface area contributed by atoms with Gasteiger partial charge in [-0.1, -0.05) is 44.5 Å². The summed E-state index contributed by atoms with van der Waals surface area (Å²) in [6.07, 6.45) is -1.10. The minimum Gasteiger partial charge on any atom is -0.394 e. The van der Waals surface area contributed by atoms with Crippen molar-refractivity contribution in [3.05, 3.63) is 64.6 Å². The van der Waals surface area contributed by atoms with E-state index in [9.17, 15) is 19.1 Å². The van der Waals surface area contributed by atoms with Crippen LogP contribution < -0.4 is 10.6 Å². The van der Waals surface area contributed by atoms with Gasteiger partial charge in [0, 0.05) is 17.0 Å². The molecule has 2 aromatic carbocycles. The molecule has 0 aliphatic carbocycles. The number of benzene rings is 2. The quantitative estimate of drug-likeness (QED) is 0.387. The molecular weight excluding hydrogens is 463 g/mol. The van der Waals surface area contributed by atoms with E-state index in [4.69, 9.17) is 16.7 Å². The van der Waals surface area contributed by atoms with Gasteiger partial charge in [-0.2, -0.15) is 5.10 Å². The fraction of sp³-hybridized carbons (Fsp3) is 0.375. The van der Waals surface area contributed by atoms with Gasteiger partial charge in [0.1, 0.15) is 11.9 Å². The summed E-state index contributed by atoms with van der Waals surface area (Å²) in [5.41, 5.74) is 0.884. The van der Waals surface area contributed by atoms with Crippen LogP contribution in [0.5, 0.6) is 0 Å². The van der Waals surface area contributed by atoms with Gasteiger partial charge in [0.05, 0.1) is 24.8 Å². The van der Waals surface area contributed by atoms with Crippen LogP contribution in [0.2, 0.25) is 5.02 Å². The first-order valence-corrected chi connectivity index (χ1v) is 11.2. The van der Waals surface area contributed by atoms with Gasteiger partial charge in [-0.25, -0.2) is 4.39 Å². The molecule has 0 spiro atoms. The molecule has 10 heteroatoms. The van der Waals surface area contributed by atoms with Crippen molar-refractivity contribution < 1.29 is 24.2 Å². The molecule has 1 aromatic heterocycles. The van der Waals surface area contributed by atoms with Gasteiger partial charge >= 0.3 is 0 Å². The monoisotopic (exact) mass is 490 g/mol. The molecule has 3 rings (SSSR count). The zero-order valence-electron chi connectivity index (χ0n) is 19.2. The number of amides is 2. The minimum absolute atomic E-state index is 0.0945. The molecule has 8 nitrogen and oxygen atoms in total. The maximum Gasteiger partial charge on any atom is 0.273 e. The molecule has 4 N–H and O–H groups in total. The molecule has 0 aliphatic rings. The van der Waals surface area contributed by atoms with E-state index >= 15 is 0 Å². The standard InChI is InChI=1S/C24H28ClFN4O4/c1-24(2,3)21(23(34)27-11-17(32)13-31)28-22(33)20-18-10-15(25)6-9-19(18)30(29-20)12-14-4-7-16(26)8-5-14/h4-10,17,21,31-32H,11-13H2,1-3H3,(H,27,34)(H,28,33). The number of aliphatic hydroxyl groups excluding tert-OH is 2. The Hall–Kier alpha value is -3.01. The Kier molecular flexibility index (Phi) is 7.91. The Bertz CT molecular complexity index is 1170. The van der Waals surface area contributed by atoms with Crippen molar-refractivity contribution in [3.63, 3.8) is 0 Å².